The van der Waals surface area contributed by atoms with Crippen molar-refractivity contribution >= 4 is 81.6 Å². The molecule has 3 aromatic heterocycles. The molecular weight excluding hydrogens is 1340 g/mol. The van der Waals surface area contributed by atoms with Crippen molar-refractivity contribution in [1.82, 2.24) is 4.57 Å². The molecule has 0 amide bonds. The number of hydrogen-bond acceptors (Lipinski definition) is 2. The van der Waals surface area contributed by atoms with Gasteiger partial charge in [-0.15, -0.1) is 0 Å². The Morgan fingerprint density at radius 1 is 0.257 bits per heavy atom. The van der Waals surface area contributed by atoms with Gasteiger partial charge in [-0.2, -0.15) is 0 Å². The van der Waals surface area contributed by atoms with Crippen LogP contribution < -0.4 is 0 Å². The van der Waals surface area contributed by atoms with Crippen LogP contribution in [0.15, 0.2) is 365 Å². The SMILES string of the molecule is Brc1ccc2c(c1)-c1ccccc1C21c2ccccc2-c2c1ccc1oc3ccccc3c21.C.C.c1ccc(-c2ccc3c(c2)-c2ccccc2C3)cc1.c1ccc(-c2ccc3c(c2)c2ccccc2n3-c2ccc3c(c2)-c2ccccc2C32c3ccccc3-c3c2ccc2oc4ccccc4c32)cc1. The van der Waals surface area contributed by atoms with Gasteiger partial charge in [-0.1, -0.05) is 310 Å². The minimum atomic E-state index is -0.436. The molecule has 496 valence electrons. The van der Waals surface area contributed by atoms with Gasteiger partial charge in [0.25, 0.3) is 0 Å². The summed E-state index contributed by atoms with van der Waals surface area (Å²) < 4.78 is 16.3. The normalized spacial score (nSPS) is 15.2. The maximum Gasteiger partial charge on any atom is 0.136 e. The summed E-state index contributed by atoms with van der Waals surface area (Å²) in [5.41, 5.74) is 38.4. The minimum absolute atomic E-state index is 0. The van der Waals surface area contributed by atoms with Crippen LogP contribution in [0.25, 0.3) is 149 Å². The lowest BCUT2D eigenvalue weighted by Gasteiger charge is -2.30. The van der Waals surface area contributed by atoms with E-state index in [0.717, 1.165) is 33.2 Å². The van der Waals surface area contributed by atoms with Gasteiger partial charge in [-0.25, -0.2) is 0 Å². The molecule has 105 heavy (non-hydrogen) atoms. The van der Waals surface area contributed by atoms with Crippen LogP contribution in [0.2, 0.25) is 0 Å². The van der Waals surface area contributed by atoms with E-state index in [1.54, 1.807) is 0 Å². The van der Waals surface area contributed by atoms with Gasteiger partial charge < -0.3 is 13.4 Å². The second-order valence-corrected chi connectivity index (χ2v) is 29.0. The van der Waals surface area contributed by atoms with Crippen molar-refractivity contribution in [2.75, 3.05) is 0 Å². The Bertz CT molecular complexity index is 6810. The van der Waals surface area contributed by atoms with Crippen molar-refractivity contribution in [2.24, 2.45) is 0 Å². The van der Waals surface area contributed by atoms with Gasteiger partial charge >= 0.3 is 0 Å². The van der Waals surface area contributed by atoms with E-state index in [4.69, 9.17) is 8.83 Å². The van der Waals surface area contributed by atoms with Gasteiger partial charge in [0.05, 0.1) is 21.9 Å². The van der Waals surface area contributed by atoms with Crippen LogP contribution in [0.5, 0.6) is 0 Å². The van der Waals surface area contributed by atoms with E-state index in [1.165, 1.54) is 183 Å². The number of para-hydroxylation sites is 3. The van der Waals surface area contributed by atoms with Crippen LogP contribution in [-0.2, 0) is 17.3 Å². The molecule has 0 aliphatic heterocycles. The van der Waals surface area contributed by atoms with E-state index < -0.39 is 5.41 Å². The van der Waals surface area contributed by atoms with E-state index in [2.05, 4.69) is 366 Å². The molecule has 0 N–H and O–H groups in total. The zero-order valence-electron chi connectivity index (χ0n) is 55.8. The standard InChI is InChI=1S/C49H29NO.C31H17BrO.C19H14.2CH4/c1-2-12-30(13-3-1)31-22-26-44-38(28-31)34-15-6-10-20-43(34)50(44)32-23-24-41-37(29-32)33-14-4-8-18-39(33)49(41)40-19-9-5-16-35(40)47-42(49)25-27-46-48(47)36-17-7-11-21-45(36)51-46;32-18-13-14-25-22(17-18)19-7-1-4-10-23(19)31(25)24-11-5-2-8-20(24)29-26(31)15-16-28-30(29)21-9-3-6-12-27(21)33-28;1-2-6-14(7-3-1)15-10-11-17-12-16-8-4-5-9-18(16)19(17)13-15;;/h1-29H;1-17H;1-11,13H,12H2;2*1H4. The van der Waals surface area contributed by atoms with Crippen LogP contribution >= 0.6 is 15.9 Å². The van der Waals surface area contributed by atoms with Gasteiger partial charge in [0.1, 0.15) is 22.3 Å². The van der Waals surface area contributed by atoms with Crippen LogP contribution in [0.3, 0.4) is 0 Å². The Hall–Kier alpha value is -12.6. The fourth-order valence-corrected chi connectivity index (χ4v) is 19.3. The second kappa shape index (κ2) is 23.7. The fourth-order valence-electron chi connectivity index (χ4n) is 19.0. The van der Waals surface area contributed by atoms with Crippen molar-refractivity contribution in [2.45, 2.75) is 32.1 Å². The molecule has 2 spiro atoms. The van der Waals surface area contributed by atoms with Gasteiger partial charge in [0, 0.05) is 42.5 Å². The van der Waals surface area contributed by atoms with Crippen LogP contribution in [0, 0.1) is 0 Å². The topological polar surface area (TPSA) is 31.2 Å². The zero-order chi connectivity index (χ0) is 67.7. The molecule has 16 aromatic carbocycles. The number of rotatable bonds is 3. The van der Waals surface area contributed by atoms with Gasteiger partial charge in [-0.3, -0.25) is 0 Å². The summed E-state index contributed by atoms with van der Waals surface area (Å²) in [6, 6.07) is 128. The van der Waals surface area contributed by atoms with Gasteiger partial charge in [0.15, 0.2) is 0 Å². The zero-order valence-corrected chi connectivity index (χ0v) is 57.4. The summed E-state index contributed by atoms with van der Waals surface area (Å²) in [4.78, 5) is 0. The van der Waals surface area contributed by atoms with Crippen LogP contribution in [0.1, 0.15) is 70.5 Å². The lowest BCUT2D eigenvalue weighted by atomic mass is 9.70. The summed E-state index contributed by atoms with van der Waals surface area (Å²) in [5, 5.41) is 7.29. The van der Waals surface area contributed by atoms with Crippen molar-refractivity contribution in [3.05, 3.63) is 412 Å². The van der Waals surface area contributed by atoms with Crippen molar-refractivity contribution < 1.29 is 8.83 Å². The highest BCUT2D eigenvalue weighted by molar-refractivity contribution is 9.10. The summed E-state index contributed by atoms with van der Waals surface area (Å²) in [6.45, 7) is 0. The predicted molar refractivity (Wildman–Crippen MR) is 441 cm³/mol. The minimum Gasteiger partial charge on any atom is -0.456 e. The van der Waals surface area contributed by atoms with Crippen LogP contribution in [-0.4, -0.2) is 4.57 Å². The Morgan fingerprint density at radius 2 is 0.676 bits per heavy atom. The maximum absolute atomic E-state index is 6.44. The molecule has 0 fully saturated rings. The van der Waals surface area contributed by atoms with E-state index in [9.17, 15) is 0 Å². The molecule has 3 nitrogen and oxygen atoms in total. The number of aromatic nitrogens is 1. The van der Waals surface area contributed by atoms with E-state index in [0.29, 0.717) is 0 Å². The molecule has 2 atom stereocenters. The first kappa shape index (κ1) is 62.2. The molecule has 4 heteroatoms. The first-order valence-electron chi connectivity index (χ1n) is 35.6. The number of hydrogen-bond donors (Lipinski definition) is 0. The Balaban J connectivity index is 0.000000116. The predicted octanol–water partition coefficient (Wildman–Crippen LogP) is 27.6. The molecule has 0 bridgehead atoms. The third-order valence-electron chi connectivity index (χ3n) is 23.1. The lowest BCUT2D eigenvalue weighted by molar-refractivity contribution is 0.668. The summed E-state index contributed by atoms with van der Waals surface area (Å²) in [7, 11) is 0. The average molecular weight is 1410 g/mol. The molecule has 0 saturated heterocycles. The average Bonchev–Trinajstić information content (AvgIpc) is 1.51. The number of nitrogens with zero attached hydrogens (tertiary/aromatic N) is 1. The molecule has 5 aliphatic carbocycles. The highest BCUT2D eigenvalue weighted by Crippen LogP contribution is 2.67. The number of fused-ring (bicyclic) bond motifs is 34. The number of furan rings is 2. The highest BCUT2D eigenvalue weighted by atomic mass is 79.9. The monoisotopic (exact) mass is 1410 g/mol. The first-order chi connectivity index (χ1) is 51.0. The molecule has 0 saturated carbocycles. The number of halogens is 1. The lowest BCUT2D eigenvalue weighted by Crippen LogP contribution is -2.25. The van der Waals surface area contributed by atoms with E-state index >= 15 is 0 Å². The third-order valence-corrected chi connectivity index (χ3v) is 23.6. The van der Waals surface area contributed by atoms with E-state index in [1.807, 2.05) is 6.07 Å². The number of benzene rings is 16. The van der Waals surface area contributed by atoms with Gasteiger partial charge in [0.2, 0.25) is 0 Å². The third kappa shape index (κ3) is 8.72. The molecule has 24 rings (SSSR count). The smallest absolute Gasteiger partial charge is 0.136 e. The second-order valence-electron chi connectivity index (χ2n) is 28.0. The molecule has 0 radical (unpaired) electrons. The summed E-state index contributed by atoms with van der Waals surface area (Å²) >= 11 is 3.72. The molecule has 3 heterocycles. The quantitative estimate of drug-likeness (QED) is 0.177. The Morgan fingerprint density at radius 3 is 1.27 bits per heavy atom. The molecule has 5 aliphatic rings. The maximum atomic E-state index is 6.44. The highest BCUT2D eigenvalue weighted by Gasteiger charge is 2.54. The molecular formula is C101H68BrNO2. The first-order valence-corrected chi connectivity index (χ1v) is 36.4. The molecule has 19 aromatic rings. The van der Waals surface area contributed by atoms with Crippen LogP contribution in [0.4, 0.5) is 0 Å². The summed E-state index contributed by atoms with van der Waals surface area (Å²) in [6.07, 6.45) is 1.07. The Labute approximate surface area is 618 Å². The van der Waals surface area contributed by atoms with Gasteiger partial charge in [-0.05, 0) is 213 Å². The van der Waals surface area contributed by atoms with Crippen molar-refractivity contribution in [1.29, 1.82) is 0 Å². The summed E-state index contributed by atoms with van der Waals surface area (Å²) in [5.74, 6) is 0. The Kier molecular flexibility index (Phi) is 14.1. The fraction of sp³-hybridized carbons (Fsp3) is 0.0495. The van der Waals surface area contributed by atoms with E-state index in [-0.39, 0.29) is 20.3 Å². The molecule has 2 unspecified atom stereocenters. The van der Waals surface area contributed by atoms with Crippen molar-refractivity contribution in [3.8, 4) is 83.6 Å². The van der Waals surface area contributed by atoms with Crippen molar-refractivity contribution in [3.63, 3.8) is 0 Å². The largest absolute Gasteiger partial charge is 0.456 e.